The minimum atomic E-state index is -0.804. The number of aliphatic carboxylic acids is 1. The molecule has 2 unspecified atom stereocenters. The molecule has 2 saturated heterocycles. The van der Waals surface area contributed by atoms with Crippen LogP contribution in [0.2, 0.25) is 0 Å². The van der Waals surface area contributed by atoms with E-state index in [9.17, 15) is 9.59 Å². The lowest BCUT2D eigenvalue weighted by Crippen LogP contribution is -2.49. The third-order valence-corrected chi connectivity index (χ3v) is 3.60. The van der Waals surface area contributed by atoms with E-state index < -0.39 is 12.0 Å². The van der Waals surface area contributed by atoms with Gasteiger partial charge in [-0.15, -0.1) is 0 Å². The number of likely N-dealkylation sites (tertiary alicyclic amines) is 2. The summed E-state index contributed by atoms with van der Waals surface area (Å²) in [6.45, 7) is 4.59. The maximum absolute atomic E-state index is 11.7. The summed E-state index contributed by atoms with van der Waals surface area (Å²) >= 11 is 0. The third-order valence-electron chi connectivity index (χ3n) is 3.60. The van der Waals surface area contributed by atoms with Crippen molar-refractivity contribution in [3.8, 4) is 0 Å². The van der Waals surface area contributed by atoms with Crippen LogP contribution < -0.4 is 0 Å². The van der Waals surface area contributed by atoms with Gasteiger partial charge in [0.05, 0.1) is 6.54 Å². The van der Waals surface area contributed by atoms with Crippen molar-refractivity contribution in [2.24, 2.45) is 5.92 Å². The summed E-state index contributed by atoms with van der Waals surface area (Å²) in [7, 11) is 0. The fourth-order valence-corrected chi connectivity index (χ4v) is 2.44. The number of hydrogen-bond donors (Lipinski definition) is 1. The molecular weight excluding hydrogens is 208 g/mol. The fourth-order valence-electron chi connectivity index (χ4n) is 2.44. The van der Waals surface area contributed by atoms with Gasteiger partial charge in [-0.3, -0.25) is 14.5 Å². The van der Waals surface area contributed by atoms with Gasteiger partial charge >= 0.3 is 5.97 Å². The number of carbonyl (C=O) groups is 2. The molecule has 2 aliphatic heterocycles. The normalized spacial score (nSPS) is 30.2. The first-order valence-electron chi connectivity index (χ1n) is 5.84. The fraction of sp³-hybridized carbons (Fsp3) is 0.818. The average Bonchev–Trinajstić information content (AvgIpc) is 2.43. The molecule has 2 fully saturated rings. The molecule has 0 aromatic carbocycles. The molecule has 0 bridgehead atoms. The van der Waals surface area contributed by atoms with Crippen LogP contribution in [0.15, 0.2) is 0 Å². The largest absolute Gasteiger partial charge is 0.480 e. The van der Waals surface area contributed by atoms with E-state index in [2.05, 4.69) is 0 Å². The number of hydrogen-bond acceptors (Lipinski definition) is 3. The molecule has 2 heterocycles. The Morgan fingerprint density at radius 2 is 2.00 bits per heavy atom. The van der Waals surface area contributed by atoms with Gasteiger partial charge in [0.15, 0.2) is 0 Å². The number of amides is 1. The molecule has 0 saturated carbocycles. The Kier molecular flexibility index (Phi) is 3.14. The topological polar surface area (TPSA) is 60.9 Å². The van der Waals surface area contributed by atoms with Crippen LogP contribution in [0.4, 0.5) is 0 Å². The first-order valence-corrected chi connectivity index (χ1v) is 5.84. The first kappa shape index (κ1) is 11.4. The minimum Gasteiger partial charge on any atom is -0.480 e. The second-order valence-corrected chi connectivity index (χ2v) is 4.75. The van der Waals surface area contributed by atoms with E-state index in [4.69, 9.17) is 5.11 Å². The van der Waals surface area contributed by atoms with E-state index >= 15 is 0 Å². The van der Waals surface area contributed by atoms with Gasteiger partial charge in [-0.05, 0) is 25.3 Å². The second kappa shape index (κ2) is 4.41. The minimum absolute atomic E-state index is 0.0756. The van der Waals surface area contributed by atoms with Crippen LogP contribution >= 0.6 is 0 Å². The van der Waals surface area contributed by atoms with E-state index in [-0.39, 0.29) is 18.4 Å². The standard InChI is InChI=1S/C11H18N2O3/c1-8-3-6-13(10(8)11(15)16)7-9(14)12-4-2-5-12/h8,10H,2-7H2,1H3,(H,15,16). The number of carboxylic acid groups (broad SMARTS) is 1. The van der Waals surface area contributed by atoms with Gasteiger partial charge in [-0.2, -0.15) is 0 Å². The zero-order valence-electron chi connectivity index (χ0n) is 9.56. The molecule has 2 rings (SSSR count). The van der Waals surface area contributed by atoms with Crippen LogP contribution in [0.1, 0.15) is 19.8 Å². The van der Waals surface area contributed by atoms with E-state index in [1.807, 2.05) is 6.92 Å². The Bertz CT molecular complexity index is 302. The zero-order chi connectivity index (χ0) is 11.7. The molecule has 5 nitrogen and oxygen atoms in total. The molecule has 0 radical (unpaired) electrons. The summed E-state index contributed by atoms with van der Waals surface area (Å²) in [6, 6.07) is -0.481. The Balaban J connectivity index is 1.93. The molecule has 90 valence electrons. The predicted molar refractivity (Wildman–Crippen MR) is 58.0 cm³/mol. The van der Waals surface area contributed by atoms with Crippen molar-refractivity contribution in [2.75, 3.05) is 26.2 Å². The van der Waals surface area contributed by atoms with Crippen molar-refractivity contribution in [3.05, 3.63) is 0 Å². The molecule has 1 amide bonds. The Morgan fingerprint density at radius 3 is 2.50 bits per heavy atom. The highest BCUT2D eigenvalue weighted by atomic mass is 16.4. The summed E-state index contributed by atoms with van der Waals surface area (Å²) in [5.74, 6) is -0.588. The molecule has 1 N–H and O–H groups in total. The van der Waals surface area contributed by atoms with E-state index in [0.717, 1.165) is 32.5 Å². The van der Waals surface area contributed by atoms with Crippen molar-refractivity contribution in [1.82, 2.24) is 9.80 Å². The van der Waals surface area contributed by atoms with Gasteiger partial charge in [-0.25, -0.2) is 0 Å². The highest BCUT2D eigenvalue weighted by Gasteiger charge is 2.38. The molecule has 16 heavy (non-hydrogen) atoms. The molecule has 0 aromatic rings. The highest BCUT2D eigenvalue weighted by molar-refractivity contribution is 5.81. The van der Waals surface area contributed by atoms with Crippen molar-refractivity contribution >= 4 is 11.9 Å². The number of rotatable bonds is 3. The van der Waals surface area contributed by atoms with Crippen molar-refractivity contribution in [1.29, 1.82) is 0 Å². The van der Waals surface area contributed by atoms with Crippen molar-refractivity contribution in [3.63, 3.8) is 0 Å². The van der Waals surface area contributed by atoms with Crippen LogP contribution in [0, 0.1) is 5.92 Å². The molecule has 2 atom stereocenters. The Morgan fingerprint density at radius 1 is 1.31 bits per heavy atom. The third kappa shape index (κ3) is 2.04. The van der Waals surface area contributed by atoms with Gasteiger partial charge < -0.3 is 10.0 Å². The number of nitrogens with zero attached hydrogens (tertiary/aromatic N) is 2. The molecule has 0 aliphatic carbocycles. The monoisotopic (exact) mass is 226 g/mol. The molecule has 0 aromatic heterocycles. The summed E-state index contributed by atoms with van der Waals surface area (Å²) in [4.78, 5) is 26.4. The zero-order valence-corrected chi connectivity index (χ0v) is 9.56. The quantitative estimate of drug-likeness (QED) is 0.736. The summed E-state index contributed by atoms with van der Waals surface area (Å²) < 4.78 is 0. The summed E-state index contributed by atoms with van der Waals surface area (Å²) in [5, 5.41) is 9.11. The predicted octanol–water partition coefficient (Wildman–Crippen LogP) is 0.0137. The van der Waals surface area contributed by atoms with Gasteiger partial charge in [0.1, 0.15) is 6.04 Å². The van der Waals surface area contributed by atoms with Gasteiger partial charge in [0.2, 0.25) is 5.91 Å². The van der Waals surface area contributed by atoms with Crippen molar-refractivity contribution in [2.45, 2.75) is 25.8 Å². The van der Waals surface area contributed by atoms with Crippen LogP contribution in [0.5, 0.6) is 0 Å². The van der Waals surface area contributed by atoms with Gasteiger partial charge in [-0.1, -0.05) is 6.92 Å². The molecular formula is C11H18N2O3. The maximum atomic E-state index is 11.7. The lowest BCUT2D eigenvalue weighted by atomic mass is 10.0. The highest BCUT2D eigenvalue weighted by Crippen LogP contribution is 2.24. The van der Waals surface area contributed by atoms with E-state index in [1.165, 1.54) is 0 Å². The first-order chi connectivity index (χ1) is 7.59. The molecule has 0 spiro atoms. The smallest absolute Gasteiger partial charge is 0.321 e. The summed E-state index contributed by atoms with van der Waals surface area (Å²) in [6.07, 6.45) is 1.94. The SMILES string of the molecule is CC1CCN(CC(=O)N2CCC2)C1C(=O)O. The Labute approximate surface area is 95.0 Å². The number of carboxylic acids is 1. The van der Waals surface area contributed by atoms with Crippen LogP contribution in [-0.2, 0) is 9.59 Å². The lowest BCUT2D eigenvalue weighted by Gasteiger charge is -2.33. The maximum Gasteiger partial charge on any atom is 0.321 e. The van der Waals surface area contributed by atoms with E-state index in [0.29, 0.717) is 0 Å². The van der Waals surface area contributed by atoms with Crippen LogP contribution in [0.3, 0.4) is 0 Å². The van der Waals surface area contributed by atoms with Gasteiger partial charge in [0.25, 0.3) is 0 Å². The molecule has 2 aliphatic rings. The van der Waals surface area contributed by atoms with Crippen LogP contribution in [-0.4, -0.2) is 59.0 Å². The summed E-state index contributed by atoms with van der Waals surface area (Å²) in [5.41, 5.74) is 0. The van der Waals surface area contributed by atoms with E-state index in [1.54, 1.807) is 9.80 Å². The average molecular weight is 226 g/mol. The van der Waals surface area contributed by atoms with Crippen molar-refractivity contribution < 1.29 is 14.7 Å². The molecule has 5 heteroatoms. The second-order valence-electron chi connectivity index (χ2n) is 4.75. The Hall–Kier alpha value is -1.10. The van der Waals surface area contributed by atoms with Crippen LogP contribution in [0.25, 0.3) is 0 Å². The lowest BCUT2D eigenvalue weighted by molar-refractivity contribution is -0.145. The van der Waals surface area contributed by atoms with Gasteiger partial charge in [0, 0.05) is 13.1 Å². The number of carbonyl (C=O) groups excluding carboxylic acids is 1.